The molecular weight excluding hydrogens is 579 g/mol. The van der Waals surface area contributed by atoms with Crippen LogP contribution in [0.1, 0.15) is 25.0 Å². The molecule has 48 heavy (non-hydrogen) atoms. The second-order valence-electron chi connectivity index (χ2n) is 13.7. The fraction of sp³-hybridized carbons (Fsp3) is 0.0638. The normalized spacial score (nSPS) is 13.4. The van der Waals surface area contributed by atoms with Gasteiger partial charge in [0, 0.05) is 21.9 Å². The standard InChI is InChI=1S/C47H33N/c1-47(2)41-29-31(44-37-22-11-9-20-35(37)43(30-15-5-3-6-16-30)36-21-10-12-23-38(36)44)25-26-33(41)39-27-28-40-34-19-13-14-24-42(34)48(46(40)45(39)47)32-17-7-4-8-18-32/h3-29H,1-2H3. The van der Waals surface area contributed by atoms with E-state index in [-0.39, 0.29) is 5.41 Å². The van der Waals surface area contributed by atoms with Gasteiger partial charge in [-0.25, -0.2) is 0 Å². The summed E-state index contributed by atoms with van der Waals surface area (Å²) < 4.78 is 2.49. The third-order valence-electron chi connectivity index (χ3n) is 10.7. The second-order valence-corrected chi connectivity index (χ2v) is 13.7. The Morgan fingerprint density at radius 3 is 1.58 bits per heavy atom. The third-order valence-corrected chi connectivity index (χ3v) is 10.7. The molecule has 0 fully saturated rings. The Kier molecular flexibility index (Phi) is 5.69. The molecular formula is C47H33N. The van der Waals surface area contributed by atoms with Crippen molar-refractivity contribution in [1.29, 1.82) is 0 Å². The van der Waals surface area contributed by atoms with Crippen LogP contribution in [0, 0.1) is 0 Å². The largest absolute Gasteiger partial charge is 0.309 e. The summed E-state index contributed by atoms with van der Waals surface area (Å²) in [5.74, 6) is 0. The molecule has 1 aliphatic rings. The number of hydrogen-bond donors (Lipinski definition) is 0. The molecule has 0 atom stereocenters. The van der Waals surface area contributed by atoms with E-state index in [1.807, 2.05) is 0 Å². The molecule has 0 aliphatic heterocycles. The van der Waals surface area contributed by atoms with E-state index < -0.39 is 0 Å². The highest BCUT2D eigenvalue weighted by atomic mass is 15.0. The quantitative estimate of drug-likeness (QED) is 0.175. The van der Waals surface area contributed by atoms with E-state index in [1.165, 1.54) is 93.5 Å². The summed E-state index contributed by atoms with van der Waals surface area (Å²) in [6.45, 7) is 4.84. The van der Waals surface area contributed by atoms with Gasteiger partial charge in [0.15, 0.2) is 0 Å². The van der Waals surface area contributed by atoms with Crippen molar-refractivity contribution in [2.24, 2.45) is 0 Å². The number of benzene rings is 8. The van der Waals surface area contributed by atoms with E-state index in [1.54, 1.807) is 0 Å². The van der Waals surface area contributed by atoms with Crippen molar-refractivity contribution in [3.63, 3.8) is 0 Å². The number of hydrogen-bond acceptors (Lipinski definition) is 0. The van der Waals surface area contributed by atoms with Crippen molar-refractivity contribution in [2.75, 3.05) is 0 Å². The second kappa shape index (κ2) is 10.0. The van der Waals surface area contributed by atoms with Crippen molar-refractivity contribution in [3.05, 3.63) is 175 Å². The van der Waals surface area contributed by atoms with E-state index in [0.29, 0.717) is 0 Å². The molecule has 0 radical (unpaired) electrons. The van der Waals surface area contributed by atoms with Gasteiger partial charge in [0.25, 0.3) is 0 Å². The van der Waals surface area contributed by atoms with Crippen LogP contribution in [0.4, 0.5) is 0 Å². The predicted molar refractivity (Wildman–Crippen MR) is 204 cm³/mol. The van der Waals surface area contributed by atoms with Gasteiger partial charge in [-0.3, -0.25) is 0 Å². The molecule has 1 aromatic heterocycles. The lowest BCUT2D eigenvalue weighted by Crippen LogP contribution is -2.16. The van der Waals surface area contributed by atoms with E-state index in [0.717, 1.165) is 0 Å². The molecule has 0 bridgehead atoms. The summed E-state index contributed by atoms with van der Waals surface area (Å²) in [5, 5.41) is 7.75. The highest BCUT2D eigenvalue weighted by molar-refractivity contribution is 6.21. The molecule has 0 amide bonds. The highest BCUT2D eigenvalue weighted by Crippen LogP contribution is 2.54. The lowest BCUT2D eigenvalue weighted by atomic mass is 9.80. The van der Waals surface area contributed by atoms with Gasteiger partial charge in [-0.05, 0) is 90.3 Å². The Hall–Kier alpha value is -5.92. The molecule has 8 aromatic carbocycles. The van der Waals surface area contributed by atoms with Crippen molar-refractivity contribution in [3.8, 4) is 39.1 Å². The zero-order valence-corrected chi connectivity index (χ0v) is 27.0. The smallest absolute Gasteiger partial charge is 0.0588 e. The maximum Gasteiger partial charge on any atom is 0.0588 e. The highest BCUT2D eigenvalue weighted by Gasteiger charge is 2.39. The summed E-state index contributed by atoms with van der Waals surface area (Å²) in [6, 6.07) is 60.4. The Morgan fingerprint density at radius 1 is 0.417 bits per heavy atom. The van der Waals surface area contributed by atoms with Gasteiger partial charge in [-0.1, -0.05) is 153 Å². The third kappa shape index (κ3) is 3.67. The van der Waals surface area contributed by atoms with Gasteiger partial charge < -0.3 is 4.57 Å². The average Bonchev–Trinajstić information content (AvgIpc) is 3.59. The number of para-hydroxylation sites is 2. The maximum absolute atomic E-state index is 2.49. The molecule has 226 valence electrons. The molecule has 10 rings (SSSR count). The molecule has 0 spiro atoms. The van der Waals surface area contributed by atoms with Gasteiger partial charge in [-0.15, -0.1) is 0 Å². The average molecular weight is 612 g/mol. The summed E-state index contributed by atoms with van der Waals surface area (Å²) in [6.07, 6.45) is 0. The first-order chi connectivity index (χ1) is 23.6. The summed E-state index contributed by atoms with van der Waals surface area (Å²) in [4.78, 5) is 0. The van der Waals surface area contributed by atoms with Crippen molar-refractivity contribution in [1.82, 2.24) is 4.57 Å². The molecule has 9 aromatic rings. The minimum absolute atomic E-state index is 0.212. The van der Waals surface area contributed by atoms with Crippen LogP contribution in [0.3, 0.4) is 0 Å². The van der Waals surface area contributed by atoms with Crippen LogP contribution >= 0.6 is 0 Å². The maximum atomic E-state index is 2.49. The number of aromatic nitrogens is 1. The summed E-state index contributed by atoms with van der Waals surface area (Å²) in [7, 11) is 0. The van der Waals surface area contributed by atoms with Gasteiger partial charge in [0.1, 0.15) is 0 Å². The zero-order chi connectivity index (χ0) is 32.0. The topological polar surface area (TPSA) is 4.93 Å². The van der Waals surface area contributed by atoms with Crippen LogP contribution in [0.25, 0.3) is 82.4 Å². The van der Waals surface area contributed by atoms with Crippen LogP contribution in [0.15, 0.2) is 164 Å². The van der Waals surface area contributed by atoms with Gasteiger partial charge in [0.2, 0.25) is 0 Å². The van der Waals surface area contributed by atoms with Crippen LogP contribution < -0.4 is 0 Å². The fourth-order valence-electron chi connectivity index (χ4n) is 8.70. The lowest BCUT2D eigenvalue weighted by molar-refractivity contribution is 0.664. The lowest BCUT2D eigenvalue weighted by Gasteiger charge is -2.24. The van der Waals surface area contributed by atoms with Gasteiger partial charge >= 0.3 is 0 Å². The molecule has 0 N–H and O–H groups in total. The minimum atomic E-state index is -0.212. The first kappa shape index (κ1) is 27.2. The molecule has 0 saturated carbocycles. The fourth-order valence-corrected chi connectivity index (χ4v) is 8.70. The Balaban J connectivity index is 1.25. The number of rotatable bonds is 3. The zero-order valence-electron chi connectivity index (χ0n) is 27.0. The molecule has 1 heterocycles. The summed E-state index contributed by atoms with van der Waals surface area (Å²) >= 11 is 0. The summed E-state index contributed by atoms with van der Waals surface area (Å²) in [5.41, 5.74) is 14.1. The van der Waals surface area contributed by atoms with Crippen LogP contribution in [-0.4, -0.2) is 4.57 Å². The van der Waals surface area contributed by atoms with Crippen molar-refractivity contribution < 1.29 is 0 Å². The Labute approximate surface area is 280 Å². The van der Waals surface area contributed by atoms with Crippen LogP contribution in [-0.2, 0) is 5.41 Å². The van der Waals surface area contributed by atoms with Crippen molar-refractivity contribution >= 4 is 43.4 Å². The molecule has 1 aliphatic carbocycles. The number of nitrogens with zero attached hydrogens (tertiary/aromatic N) is 1. The minimum Gasteiger partial charge on any atom is -0.309 e. The molecule has 0 saturated heterocycles. The van der Waals surface area contributed by atoms with Gasteiger partial charge in [-0.2, -0.15) is 0 Å². The Morgan fingerprint density at radius 2 is 0.938 bits per heavy atom. The van der Waals surface area contributed by atoms with E-state index >= 15 is 0 Å². The number of fused-ring (bicyclic) bond motifs is 9. The monoisotopic (exact) mass is 611 g/mol. The first-order valence-electron chi connectivity index (χ1n) is 16.9. The molecule has 1 heteroatoms. The van der Waals surface area contributed by atoms with Gasteiger partial charge in [0.05, 0.1) is 11.0 Å². The van der Waals surface area contributed by atoms with E-state index in [2.05, 4.69) is 182 Å². The first-order valence-corrected chi connectivity index (χ1v) is 16.9. The van der Waals surface area contributed by atoms with Crippen LogP contribution in [0.5, 0.6) is 0 Å². The SMILES string of the molecule is CC1(C)c2cc(-c3c4ccccc4c(-c4ccccc4)c4ccccc34)ccc2-c2ccc3c4ccccc4n(-c4ccccc4)c3c21. The molecule has 1 nitrogen and oxygen atoms in total. The van der Waals surface area contributed by atoms with Crippen LogP contribution in [0.2, 0.25) is 0 Å². The Bertz CT molecular complexity index is 2670. The molecule has 0 unspecified atom stereocenters. The van der Waals surface area contributed by atoms with Crippen molar-refractivity contribution in [2.45, 2.75) is 19.3 Å². The predicted octanol–water partition coefficient (Wildman–Crippen LogP) is 12.7. The van der Waals surface area contributed by atoms with E-state index in [4.69, 9.17) is 0 Å². The van der Waals surface area contributed by atoms with E-state index in [9.17, 15) is 0 Å².